The molecule has 25 heavy (non-hydrogen) atoms. The van der Waals surface area contributed by atoms with E-state index in [1.807, 2.05) is 29.1 Å². The topological polar surface area (TPSA) is 47.2 Å². The Hall–Kier alpha value is -2.23. The van der Waals surface area contributed by atoms with Gasteiger partial charge >= 0.3 is 0 Å². The van der Waals surface area contributed by atoms with Gasteiger partial charge in [-0.15, -0.1) is 0 Å². The smallest absolute Gasteiger partial charge is 0.154 e. The van der Waals surface area contributed by atoms with Gasteiger partial charge in [-0.1, -0.05) is 44.2 Å². The van der Waals surface area contributed by atoms with Crippen LogP contribution in [0.3, 0.4) is 0 Å². The third-order valence-corrected chi connectivity index (χ3v) is 5.38. The number of fused-ring (bicyclic) bond motifs is 2. The maximum absolute atomic E-state index is 13.1. The lowest BCUT2D eigenvalue weighted by Gasteiger charge is -2.40. The number of hydrogen-bond acceptors (Lipinski definition) is 3. The van der Waals surface area contributed by atoms with Crippen molar-refractivity contribution >= 4 is 17.3 Å². The Kier molecular flexibility index (Phi) is 3.67. The Morgan fingerprint density at radius 3 is 2.52 bits per heavy atom. The van der Waals surface area contributed by atoms with Crippen molar-refractivity contribution in [2.45, 2.75) is 52.5 Å². The third kappa shape index (κ3) is 2.64. The Balaban J connectivity index is 1.92. The summed E-state index contributed by atoms with van der Waals surface area (Å²) in [5.41, 5.74) is 3.28. The highest BCUT2D eigenvalue weighted by atomic mass is 16.1. The van der Waals surface area contributed by atoms with E-state index in [2.05, 4.69) is 44.9 Å². The lowest BCUT2D eigenvalue weighted by molar-refractivity contribution is -0.124. The van der Waals surface area contributed by atoms with Crippen molar-refractivity contribution in [2.75, 3.05) is 0 Å². The number of aliphatic imine (C=N–C) groups is 1. The summed E-state index contributed by atoms with van der Waals surface area (Å²) >= 11 is 0. The van der Waals surface area contributed by atoms with E-state index in [0.29, 0.717) is 12.2 Å². The van der Waals surface area contributed by atoms with Crippen LogP contribution in [0.5, 0.6) is 0 Å². The van der Waals surface area contributed by atoms with Gasteiger partial charge in [-0.05, 0) is 31.2 Å². The number of nitrogens with zero attached hydrogens (tertiary/aromatic N) is 3. The number of rotatable bonds is 2. The Morgan fingerprint density at radius 1 is 1.12 bits per heavy atom. The lowest BCUT2D eigenvalue weighted by Crippen LogP contribution is -2.42. The van der Waals surface area contributed by atoms with E-state index in [1.165, 1.54) is 5.56 Å². The molecule has 130 valence electrons. The van der Waals surface area contributed by atoms with E-state index >= 15 is 0 Å². The zero-order valence-electron chi connectivity index (χ0n) is 15.4. The van der Waals surface area contributed by atoms with Crippen LogP contribution in [0, 0.1) is 11.3 Å². The van der Waals surface area contributed by atoms with Gasteiger partial charge in [0.15, 0.2) is 5.82 Å². The number of carbonyl (C=O) groups excluding carboxylic acids is 1. The van der Waals surface area contributed by atoms with Gasteiger partial charge in [0.05, 0.1) is 12.1 Å². The summed E-state index contributed by atoms with van der Waals surface area (Å²) in [7, 11) is 0. The van der Waals surface area contributed by atoms with E-state index in [1.54, 1.807) is 0 Å². The predicted octanol–water partition coefficient (Wildman–Crippen LogP) is 4.69. The Bertz CT molecular complexity index is 845. The molecule has 0 N–H and O–H groups in total. The molecule has 0 amide bonds. The minimum Gasteiger partial charge on any atom is -0.299 e. The molecule has 1 aromatic heterocycles. The summed E-state index contributed by atoms with van der Waals surface area (Å²) < 4.78 is 1.99. The molecule has 1 aromatic carbocycles. The summed E-state index contributed by atoms with van der Waals surface area (Å²) in [6, 6.07) is 10.6. The van der Waals surface area contributed by atoms with Crippen LogP contribution >= 0.6 is 0 Å². The van der Waals surface area contributed by atoms with Crippen molar-refractivity contribution in [3.8, 4) is 0 Å². The normalized spacial score (nSPS) is 24.7. The summed E-state index contributed by atoms with van der Waals surface area (Å²) in [5.74, 6) is 1.12. The zero-order chi connectivity index (χ0) is 17.8. The van der Waals surface area contributed by atoms with Gasteiger partial charge in [-0.2, -0.15) is 5.10 Å². The highest BCUT2D eigenvalue weighted by Gasteiger charge is 2.46. The first-order valence-electron chi connectivity index (χ1n) is 9.10. The van der Waals surface area contributed by atoms with Crippen molar-refractivity contribution < 1.29 is 4.79 Å². The molecule has 4 rings (SSSR count). The summed E-state index contributed by atoms with van der Waals surface area (Å²) in [4.78, 5) is 18.0. The maximum atomic E-state index is 13.1. The highest BCUT2D eigenvalue weighted by Crippen LogP contribution is 2.49. The summed E-state index contributed by atoms with van der Waals surface area (Å²) in [5, 5.41) is 4.59. The first-order valence-corrected chi connectivity index (χ1v) is 9.10. The predicted molar refractivity (Wildman–Crippen MR) is 99.5 cm³/mol. The lowest BCUT2D eigenvalue weighted by atomic mass is 9.64. The first-order chi connectivity index (χ1) is 11.9. The molecule has 4 heteroatoms. The Morgan fingerprint density at radius 2 is 1.84 bits per heavy atom. The monoisotopic (exact) mass is 335 g/mol. The number of Topliss-reactive ketones (excluding diaryl/α,β-unsaturated/α-hetero) is 1. The quantitative estimate of drug-likeness (QED) is 0.799. The standard InChI is InChI=1S/C21H25N3O/c1-13(2)24-20-15(12-22-24)18(14-8-6-5-7-9-14)19-16(23-20)10-21(3,4)11-17(19)25/h5-9,12-13,18-19H,10-11H2,1-4H3. The minimum absolute atomic E-state index is 0.0200. The van der Waals surface area contributed by atoms with Crippen LogP contribution in [-0.4, -0.2) is 21.3 Å². The molecular formula is C21H25N3O. The molecule has 2 unspecified atom stereocenters. The average molecular weight is 335 g/mol. The number of hydrogen-bond donors (Lipinski definition) is 0. The van der Waals surface area contributed by atoms with Crippen LogP contribution in [0.15, 0.2) is 41.5 Å². The highest BCUT2D eigenvalue weighted by molar-refractivity contribution is 6.11. The second kappa shape index (κ2) is 5.65. The van der Waals surface area contributed by atoms with Gasteiger partial charge in [-0.25, -0.2) is 9.67 Å². The van der Waals surface area contributed by atoms with E-state index in [-0.39, 0.29) is 23.3 Å². The number of carbonyl (C=O) groups is 1. The second-order valence-corrected chi connectivity index (χ2v) is 8.42. The van der Waals surface area contributed by atoms with Gasteiger partial charge in [0.25, 0.3) is 0 Å². The van der Waals surface area contributed by atoms with Crippen LogP contribution in [-0.2, 0) is 4.79 Å². The fourth-order valence-electron chi connectivity index (χ4n) is 4.35. The van der Waals surface area contributed by atoms with Gasteiger partial charge in [0, 0.05) is 29.7 Å². The van der Waals surface area contributed by atoms with Crippen molar-refractivity contribution in [3.05, 3.63) is 47.7 Å². The van der Waals surface area contributed by atoms with E-state index in [9.17, 15) is 4.79 Å². The molecule has 1 aliphatic carbocycles. The molecule has 2 aliphatic rings. The molecule has 4 nitrogen and oxygen atoms in total. The number of aromatic nitrogens is 2. The van der Waals surface area contributed by atoms with E-state index in [0.717, 1.165) is 23.5 Å². The average Bonchev–Trinajstić information content (AvgIpc) is 2.96. The summed E-state index contributed by atoms with van der Waals surface area (Å²) in [6.45, 7) is 8.56. The van der Waals surface area contributed by atoms with E-state index < -0.39 is 0 Å². The molecule has 1 saturated carbocycles. The Labute approximate surface area is 149 Å². The van der Waals surface area contributed by atoms with Gasteiger partial charge in [-0.3, -0.25) is 4.79 Å². The zero-order valence-corrected chi connectivity index (χ0v) is 15.4. The van der Waals surface area contributed by atoms with Crippen molar-refractivity contribution in [3.63, 3.8) is 0 Å². The van der Waals surface area contributed by atoms with Crippen molar-refractivity contribution in [1.29, 1.82) is 0 Å². The van der Waals surface area contributed by atoms with Crippen molar-refractivity contribution in [1.82, 2.24) is 9.78 Å². The maximum Gasteiger partial charge on any atom is 0.154 e. The molecule has 2 heterocycles. The minimum atomic E-state index is -0.146. The molecular weight excluding hydrogens is 310 g/mol. The molecule has 0 bridgehead atoms. The summed E-state index contributed by atoms with van der Waals surface area (Å²) in [6.07, 6.45) is 3.41. The molecule has 2 aromatic rings. The van der Waals surface area contributed by atoms with Crippen molar-refractivity contribution in [2.24, 2.45) is 16.3 Å². The third-order valence-electron chi connectivity index (χ3n) is 5.38. The number of ketones is 1. The molecule has 0 spiro atoms. The van der Waals surface area contributed by atoms with Crippen LogP contribution in [0.2, 0.25) is 0 Å². The molecule has 1 aliphatic heterocycles. The fourth-order valence-corrected chi connectivity index (χ4v) is 4.35. The largest absolute Gasteiger partial charge is 0.299 e. The first kappa shape index (κ1) is 16.2. The fraction of sp³-hybridized carbons (Fsp3) is 0.476. The van der Waals surface area contributed by atoms with Gasteiger partial charge in [0.2, 0.25) is 0 Å². The van der Waals surface area contributed by atoms with E-state index in [4.69, 9.17) is 4.99 Å². The van der Waals surface area contributed by atoms with Crippen LogP contribution < -0.4 is 0 Å². The molecule has 0 saturated heterocycles. The van der Waals surface area contributed by atoms with Crippen LogP contribution in [0.1, 0.15) is 63.6 Å². The number of benzene rings is 1. The molecule has 0 radical (unpaired) electrons. The SMILES string of the molecule is CC(C)n1ncc2c1N=C1CC(C)(C)CC(=O)C1C2c1ccccc1. The molecule has 1 fully saturated rings. The second-order valence-electron chi connectivity index (χ2n) is 8.42. The van der Waals surface area contributed by atoms with Crippen LogP contribution in [0.4, 0.5) is 5.82 Å². The van der Waals surface area contributed by atoms with Crippen LogP contribution in [0.25, 0.3) is 0 Å². The molecule has 2 atom stereocenters. The van der Waals surface area contributed by atoms with Gasteiger partial charge in [0.1, 0.15) is 5.78 Å². The van der Waals surface area contributed by atoms with Gasteiger partial charge < -0.3 is 0 Å².